The molecule has 0 saturated carbocycles. The van der Waals surface area contributed by atoms with Gasteiger partial charge in [-0.25, -0.2) is 0 Å². The number of para-hydroxylation sites is 1. The Kier molecular flexibility index (Phi) is 3.10. The van der Waals surface area contributed by atoms with Crippen molar-refractivity contribution in [3.05, 3.63) is 30.3 Å². The number of nitrogens with zero attached hydrogens (tertiary/aromatic N) is 2. The van der Waals surface area contributed by atoms with Crippen LogP contribution >= 0.6 is 25.5 Å². The first-order chi connectivity index (χ1) is 6.45. The van der Waals surface area contributed by atoms with Crippen LogP contribution in [0.5, 0.6) is 0 Å². The molecule has 1 heterocycles. The Balaban J connectivity index is 2.16. The molecule has 0 aliphatic carbocycles. The van der Waals surface area contributed by atoms with Gasteiger partial charge in [0.25, 0.3) is 0 Å². The van der Waals surface area contributed by atoms with Gasteiger partial charge < -0.3 is 4.51 Å². The third-order valence-corrected chi connectivity index (χ3v) is 4.23. The van der Waals surface area contributed by atoms with Crippen LogP contribution in [0.2, 0.25) is 0 Å². The van der Waals surface area contributed by atoms with Crippen LogP contribution < -0.4 is 5.43 Å². The first-order valence-electron chi connectivity index (χ1n) is 3.73. The number of rotatable bonds is 2. The first-order valence-corrected chi connectivity index (χ1v) is 6.43. The standard InChI is InChI=1S/C6H9N4P3/c1-2-4-6(5-3-1)7-10-12-8-11-9-13-10/h1-5,7-8,11-12H. The number of aromatic nitrogens is 3. The molecule has 0 aliphatic heterocycles. The highest BCUT2D eigenvalue weighted by molar-refractivity contribution is 7.44. The third-order valence-electron chi connectivity index (χ3n) is 1.41. The Morgan fingerprint density at radius 3 is 2.92 bits per heavy atom. The topological polar surface area (TPSA) is 45.6 Å². The van der Waals surface area contributed by atoms with Crippen molar-refractivity contribution in [2.24, 2.45) is 0 Å². The van der Waals surface area contributed by atoms with E-state index in [-0.39, 0.29) is 0 Å². The summed E-state index contributed by atoms with van der Waals surface area (Å²) >= 11 is 0. The molecule has 2 atom stereocenters. The van der Waals surface area contributed by atoms with Gasteiger partial charge in [0.2, 0.25) is 0 Å². The number of aromatic amines is 1. The van der Waals surface area contributed by atoms with E-state index in [0.717, 1.165) is 14.2 Å². The lowest BCUT2D eigenvalue weighted by Crippen LogP contribution is -2.01. The molecule has 0 bridgehead atoms. The van der Waals surface area contributed by atoms with Crippen molar-refractivity contribution in [2.45, 2.75) is 0 Å². The van der Waals surface area contributed by atoms with Crippen molar-refractivity contribution < 1.29 is 0 Å². The van der Waals surface area contributed by atoms with Crippen LogP contribution in [0, 0.1) is 0 Å². The molecule has 2 unspecified atom stereocenters. The predicted molar refractivity (Wildman–Crippen MR) is 61.2 cm³/mol. The normalized spacial score (nSPS) is 11.4. The molecule has 13 heavy (non-hydrogen) atoms. The van der Waals surface area contributed by atoms with Crippen molar-refractivity contribution in [3.63, 3.8) is 0 Å². The second-order valence-corrected chi connectivity index (χ2v) is 5.98. The summed E-state index contributed by atoms with van der Waals surface area (Å²) in [6, 6.07) is 10.1. The number of hydrogen-bond donors (Lipinski definition) is 2. The van der Waals surface area contributed by atoms with E-state index in [4.69, 9.17) is 0 Å². The van der Waals surface area contributed by atoms with E-state index in [9.17, 15) is 0 Å². The number of hydrogen-bond acceptors (Lipinski definition) is 2. The van der Waals surface area contributed by atoms with Crippen LogP contribution in [0.25, 0.3) is 0 Å². The number of H-pyrrole nitrogens is 1. The zero-order chi connectivity index (χ0) is 8.93. The zero-order valence-electron chi connectivity index (χ0n) is 6.73. The molecule has 1 aromatic carbocycles. The van der Waals surface area contributed by atoms with Gasteiger partial charge in [-0.2, -0.15) is 8.71 Å². The molecular weight excluding hydrogens is 221 g/mol. The summed E-state index contributed by atoms with van der Waals surface area (Å²) in [5.41, 5.74) is 4.36. The Bertz CT molecular complexity index is 331. The fraction of sp³-hybridized carbons (Fsp3) is 0. The van der Waals surface area contributed by atoms with E-state index in [1.807, 2.05) is 34.5 Å². The maximum absolute atomic E-state index is 4.21. The van der Waals surface area contributed by atoms with Gasteiger partial charge >= 0.3 is 0 Å². The summed E-state index contributed by atoms with van der Waals surface area (Å²) in [6.45, 7) is 0. The number of benzene rings is 1. The minimum Gasteiger partial charge on any atom is -0.311 e. The van der Waals surface area contributed by atoms with E-state index < -0.39 is 0 Å². The molecule has 2 aromatic rings. The van der Waals surface area contributed by atoms with E-state index in [2.05, 4.69) is 14.4 Å². The minimum atomic E-state index is 0.542. The Morgan fingerprint density at radius 1 is 1.38 bits per heavy atom. The van der Waals surface area contributed by atoms with Crippen molar-refractivity contribution >= 4 is 31.2 Å². The average molecular weight is 230 g/mol. The largest absolute Gasteiger partial charge is 0.311 e. The highest BCUT2D eigenvalue weighted by Crippen LogP contribution is 2.14. The second-order valence-electron chi connectivity index (χ2n) is 2.33. The van der Waals surface area contributed by atoms with Crippen LogP contribution in [0.1, 0.15) is 0 Å². The maximum atomic E-state index is 4.21. The van der Waals surface area contributed by atoms with Crippen molar-refractivity contribution in [1.29, 1.82) is 0 Å². The molecule has 2 rings (SSSR count). The predicted octanol–water partition coefficient (Wildman–Crippen LogP) is 2.85. The summed E-state index contributed by atoms with van der Waals surface area (Å²) in [7, 11) is 2.14. The fourth-order valence-electron chi connectivity index (χ4n) is 0.878. The number of anilines is 1. The number of nitrogens with one attached hydrogen (secondary N) is 2. The Morgan fingerprint density at radius 2 is 2.23 bits per heavy atom. The molecule has 0 saturated heterocycles. The van der Waals surface area contributed by atoms with Crippen LogP contribution in [0.4, 0.5) is 5.69 Å². The van der Waals surface area contributed by atoms with E-state index in [1.54, 1.807) is 0 Å². The summed E-state index contributed by atoms with van der Waals surface area (Å²) in [4.78, 5) is 0. The highest BCUT2D eigenvalue weighted by Gasteiger charge is 1.88. The summed E-state index contributed by atoms with van der Waals surface area (Å²) in [6.07, 6.45) is 0. The zero-order valence-corrected chi connectivity index (χ0v) is 9.62. The van der Waals surface area contributed by atoms with Gasteiger partial charge in [-0.15, -0.1) is 0 Å². The lowest BCUT2D eigenvalue weighted by molar-refractivity contribution is 1.19. The monoisotopic (exact) mass is 230 g/mol. The van der Waals surface area contributed by atoms with Crippen molar-refractivity contribution in [1.82, 2.24) is 13.2 Å². The van der Waals surface area contributed by atoms with Gasteiger partial charge in [-0.05, 0) is 12.1 Å². The maximum Gasteiger partial charge on any atom is 0.162 e. The van der Waals surface area contributed by atoms with Crippen LogP contribution in [0.3, 0.4) is 0 Å². The van der Waals surface area contributed by atoms with E-state index in [0.29, 0.717) is 17.0 Å². The molecule has 7 heteroatoms. The Hall–Kier alpha value is -0.680. The molecule has 2 N–H and O–H groups in total. The molecule has 68 valence electrons. The summed E-state index contributed by atoms with van der Waals surface area (Å²) < 4.78 is 9.45. The first kappa shape index (κ1) is 8.90. The van der Waals surface area contributed by atoms with E-state index >= 15 is 0 Å². The average Bonchev–Trinajstić information content (AvgIpc) is 2.21. The lowest BCUT2D eigenvalue weighted by Gasteiger charge is -2.06. The molecular formula is C6H9N4P3. The summed E-state index contributed by atoms with van der Waals surface area (Å²) in [5.74, 6) is 0. The quantitative estimate of drug-likeness (QED) is 0.833. The molecule has 1 aromatic heterocycles. The Labute approximate surface area is 80.7 Å². The van der Waals surface area contributed by atoms with E-state index in [1.165, 1.54) is 0 Å². The minimum absolute atomic E-state index is 0.542. The SMILES string of the molecule is c1ccc(Nn2pn[pH][nH][pH]2)cc1. The van der Waals surface area contributed by atoms with Gasteiger partial charge in [-0.3, -0.25) is 5.43 Å². The van der Waals surface area contributed by atoms with Crippen LogP contribution in [0.15, 0.2) is 30.3 Å². The molecule has 0 aliphatic rings. The van der Waals surface area contributed by atoms with Gasteiger partial charge in [0.15, 0.2) is 8.51 Å². The van der Waals surface area contributed by atoms with Gasteiger partial charge in [-0.1, -0.05) is 18.2 Å². The lowest BCUT2D eigenvalue weighted by atomic mass is 10.3. The molecule has 4 nitrogen and oxygen atoms in total. The van der Waals surface area contributed by atoms with Crippen molar-refractivity contribution in [3.8, 4) is 0 Å². The van der Waals surface area contributed by atoms with Gasteiger partial charge in [0.05, 0.1) is 5.69 Å². The van der Waals surface area contributed by atoms with Crippen LogP contribution in [-0.2, 0) is 0 Å². The van der Waals surface area contributed by atoms with Gasteiger partial charge in [0, 0.05) is 17.0 Å². The molecule has 0 amide bonds. The third kappa shape index (κ3) is 2.63. The van der Waals surface area contributed by atoms with Crippen LogP contribution in [-0.4, -0.2) is 13.2 Å². The molecule has 0 spiro atoms. The second kappa shape index (κ2) is 4.53. The fourth-order valence-corrected chi connectivity index (χ4v) is 4.06. The van der Waals surface area contributed by atoms with Gasteiger partial charge in [0.1, 0.15) is 0 Å². The molecule has 0 fully saturated rings. The summed E-state index contributed by atoms with van der Waals surface area (Å²) in [5, 5.41) is 0. The molecule has 0 radical (unpaired) electrons. The van der Waals surface area contributed by atoms with Crippen molar-refractivity contribution in [2.75, 3.05) is 5.43 Å². The smallest absolute Gasteiger partial charge is 0.162 e. The highest BCUT2D eigenvalue weighted by atomic mass is 31.1.